The lowest BCUT2D eigenvalue weighted by atomic mass is 10.1. The van der Waals surface area contributed by atoms with Gasteiger partial charge in [-0.1, -0.05) is 35.0 Å². The highest BCUT2D eigenvalue weighted by Crippen LogP contribution is 2.33. The van der Waals surface area contributed by atoms with Crippen molar-refractivity contribution < 1.29 is 13.2 Å². The van der Waals surface area contributed by atoms with Crippen LogP contribution >= 0.6 is 15.9 Å². The largest absolute Gasteiger partial charge is 0.416 e. The summed E-state index contributed by atoms with van der Waals surface area (Å²) in [7, 11) is 0. The summed E-state index contributed by atoms with van der Waals surface area (Å²) in [6, 6.07) is 9.12. The van der Waals surface area contributed by atoms with Gasteiger partial charge < -0.3 is 5.32 Å². The number of benzene rings is 1. The zero-order valence-corrected chi connectivity index (χ0v) is 12.9. The van der Waals surface area contributed by atoms with E-state index < -0.39 is 11.7 Å². The van der Waals surface area contributed by atoms with Crippen LogP contribution in [0.25, 0.3) is 11.3 Å². The van der Waals surface area contributed by atoms with Gasteiger partial charge in [-0.25, -0.2) is 4.98 Å². The topological polar surface area (TPSA) is 24.9 Å². The first-order valence-electron chi connectivity index (χ1n) is 6.49. The standard InChI is InChI=1S/C15H14BrF3N2/c1-2-7-20-14-9-11(15(17,18)19)8-13(21-14)10-3-5-12(16)6-4-10/h3-6,8-9H,2,7H2,1H3,(H,20,21). The third-order valence-electron chi connectivity index (χ3n) is 2.85. The van der Waals surface area contributed by atoms with E-state index >= 15 is 0 Å². The predicted molar refractivity (Wildman–Crippen MR) is 81.2 cm³/mol. The Labute approximate surface area is 129 Å². The SMILES string of the molecule is CCCNc1cc(C(F)(F)F)cc(-c2ccc(Br)cc2)n1. The fourth-order valence-corrected chi connectivity index (χ4v) is 2.07. The molecule has 2 nitrogen and oxygen atoms in total. The van der Waals surface area contributed by atoms with Gasteiger partial charge >= 0.3 is 6.18 Å². The van der Waals surface area contributed by atoms with Gasteiger partial charge in [0, 0.05) is 16.6 Å². The van der Waals surface area contributed by atoms with Crippen LogP contribution in [0.4, 0.5) is 19.0 Å². The van der Waals surface area contributed by atoms with Gasteiger partial charge in [-0.2, -0.15) is 13.2 Å². The number of hydrogen-bond donors (Lipinski definition) is 1. The maximum absolute atomic E-state index is 13.0. The Bertz CT molecular complexity index is 609. The van der Waals surface area contributed by atoms with Crippen LogP contribution in [-0.4, -0.2) is 11.5 Å². The molecular formula is C15H14BrF3N2. The highest BCUT2D eigenvalue weighted by Gasteiger charge is 2.31. The van der Waals surface area contributed by atoms with E-state index in [9.17, 15) is 13.2 Å². The molecule has 0 aliphatic rings. The Morgan fingerprint density at radius 3 is 2.38 bits per heavy atom. The molecule has 1 heterocycles. The predicted octanol–water partition coefficient (Wildman–Crippen LogP) is 5.35. The van der Waals surface area contributed by atoms with Gasteiger partial charge in [0.1, 0.15) is 5.82 Å². The van der Waals surface area contributed by atoms with Gasteiger partial charge in [0.2, 0.25) is 0 Å². The fourth-order valence-electron chi connectivity index (χ4n) is 1.81. The highest BCUT2D eigenvalue weighted by molar-refractivity contribution is 9.10. The van der Waals surface area contributed by atoms with Crippen LogP contribution in [0.2, 0.25) is 0 Å². The lowest BCUT2D eigenvalue weighted by Crippen LogP contribution is -2.09. The molecule has 0 amide bonds. The molecule has 2 rings (SSSR count). The molecule has 1 aromatic heterocycles. The van der Waals surface area contributed by atoms with Gasteiger partial charge in [0.15, 0.2) is 0 Å². The molecule has 0 fully saturated rings. The van der Waals surface area contributed by atoms with Crippen molar-refractivity contribution in [3.63, 3.8) is 0 Å². The molecule has 21 heavy (non-hydrogen) atoms. The molecule has 0 saturated heterocycles. The number of hydrogen-bond acceptors (Lipinski definition) is 2. The molecule has 0 aliphatic carbocycles. The minimum atomic E-state index is -4.39. The molecule has 0 radical (unpaired) electrons. The quantitative estimate of drug-likeness (QED) is 0.796. The van der Waals surface area contributed by atoms with Crippen LogP contribution in [0.5, 0.6) is 0 Å². The van der Waals surface area contributed by atoms with E-state index in [0.29, 0.717) is 17.8 Å². The molecule has 1 N–H and O–H groups in total. The van der Waals surface area contributed by atoms with Crippen molar-refractivity contribution in [1.29, 1.82) is 0 Å². The van der Waals surface area contributed by atoms with Gasteiger partial charge in [-0.15, -0.1) is 0 Å². The van der Waals surface area contributed by atoms with Gasteiger partial charge in [0.25, 0.3) is 0 Å². The number of nitrogens with zero attached hydrogens (tertiary/aromatic N) is 1. The van der Waals surface area contributed by atoms with Crippen molar-refractivity contribution in [1.82, 2.24) is 4.98 Å². The molecule has 1 aromatic carbocycles. The molecule has 112 valence electrons. The normalized spacial score (nSPS) is 11.5. The molecule has 0 aliphatic heterocycles. The van der Waals surface area contributed by atoms with E-state index in [0.717, 1.165) is 23.0 Å². The number of rotatable bonds is 4. The minimum Gasteiger partial charge on any atom is -0.370 e. The second kappa shape index (κ2) is 6.47. The lowest BCUT2D eigenvalue weighted by molar-refractivity contribution is -0.137. The van der Waals surface area contributed by atoms with Crippen molar-refractivity contribution in [3.05, 3.63) is 46.4 Å². The first-order valence-corrected chi connectivity index (χ1v) is 7.28. The van der Waals surface area contributed by atoms with Gasteiger partial charge in [-0.05, 0) is 30.7 Å². The minimum absolute atomic E-state index is 0.240. The van der Waals surface area contributed by atoms with Crippen LogP contribution in [0.3, 0.4) is 0 Å². The van der Waals surface area contributed by atoms with E-state index in [4.69, 9.17) is 0 Å². The fraction of sp³-hybridized carbons (Fsp3) is 0.267. The Morgan fingerprint density at radius 2 is 1.81 bits per heavy atom. The second-order valence-corrected chi connectivity index (χ2v) is 5.47. The van der Waals surface area contributed by atoms with Gasteiger partial charge in [-0.3, -0.25) is 0 Å². The Kier molecular flexibility index (Phi) is 4.88. The Hall–Kier alpha value is -1.56. The van der Waals surface area contributed by atoms with Crippen LogP contribution in [0.1, 0.15) is 18.9 Å². The first-order chi connectivity index (χ1) is 9.90. The summed E-state index contributed by atoms with van der Waals surface area (Å²) < 4.78 is 39.8. The summed E-state index contributed by atoms with van der Waals surface area (Å²) in [4.78, 5) is 4.26. The van der Waals surface area contributed by atoms with E-state index in [1.165, 1.54) is 0 Å². The third-order valence-corrected chi connectivity index (χ3v) is 3.38. The number of anilines is 1. The Balaban J connectivity index is 2.46. The summed E-state index contributed by atoms with van der Waals surface area (Å²) in [6.07, 6.45) is -3.58. The zero-order valence-electron chi connectivity index (χ0n) is 11.3. The van der Waals surface area contributed by atoms with Crippen molar-refractivity contribution in [2.24, 2.45) is 0 Å². The maximum Gasteiger partial charge on any atom is 0.416 e. The summed E-state index contributed by atoms with van der Waals surface area (Å²) in [5, 5.41) is 2.91. The van der Waals surface area contributed by atoms with Crippen molar-refractivity contribution in [3.8, 4) is 11.3 Å². The first kappa shape index (κ1) is 15.8. The third kappa shape index (κ3) is 4.20. The molecule has 0 saturated carbocycles. The monoisotopic (exact) mass is 358 g/mol. The summed E-state index contributed by atoms with van der Waals surface area (Å²) in [5.74, 6) is 0.240. The van der Waals surface area contributed by atoms with Crippen LogP contribution in [0.15, 0.2) is 40.9 Å². The second-order valence-electron chi connectivity index (χ2n) is 4.56. The lowest BCUT2D eigenvalue weighted by Gasteiger charge is -2.12. The zero-order chi connectivity index (χ0) is 15.5. The van der Waals surface area contributed by atoms with Crippen LogP contribution in [0, 0.1) is 0 Å². The molecule has 0 atom stereocenters. The number of nitrogens with one attached hydrogen (secondary N) is 1. The molecule has 0 unspecified atom stereocenters. The molecule has 6 heteroatoms. The molecule has 2 aromatic rings. The average Bonchev–Trinajstić information content (AvgIpc) is 2.44. The van der Waals surface area contributed by atoms with E-state index in [1.54, 1.807) is 24.3 Å². The molecule has 0 bridgehead atoms. The van der Waals surface area contributed by atoms with Crippen molar-refractivity contribution in [2.75, 3.05) is 11.9 Å². The summed E-state index contributed by atoms with van der Waals surface area (Å²) in [6.45, 7) is 2.52. The van der Waals surface area contributed by atoms with Crippen molar-refractivity contribution >= 4 is 21.7 Å². The van der Waals surface area contributed by atoms with Crippen LogP contribution < -0.4 is 5.32 Å². The molecule has 0 spiro atoms. The number of alkyl halides is 3. The van der Waals surface area contributed by atoms with Crippen molar-refractivity contribution in [2.45, 2.75) is 19.5 Å². The number of aromatic nitrogens is 1. The average molecular weight is 359 g/mol. The number of halogens is 4. The van der Waals surface area contributed by atoms with Crippen LogP contribution in [-0.2, 0) is 6.18 Å². The Morgan fingerprint density at radius 1 is 1.14 bits per heavy atom. The van der Waals surface area contributed by atoms with Gasteiger partial charge in [0.05, 0.1) is 11.3 Å². The van der Waals surface area contributed by atoms with E-state index in [2.05, 4.69) is 26.2 Å². The summed E-state index contributed by atoms with van der Waals surface area (Å²) >= 11 is 3.30. The summed E-state index contributed by atoms with van der Waals surface area (Å²) in [5.41, 5.74) is 0.244. The van der Waals surface area contributed by atoms with E-state index in [1.807, 2.05) is 6.92 Å². The van der Waals surface area contributed by atoms with E-state index in [-0.39, 0.29) is 5.82 Å². The molecular weight excluding hydrogens is 345 g/mol. The maximum atomic E-state index is 13.0. The smallest absolute Gasteiger partial charge is 0.370 e. The number of pyridine rings is 1. The highest BCUT2D eigenvalue weighted by atomic mass is 79.9.